The van der Waals surface area contributed by atoms with Crippen LogP contribution < -0.4 is 10.2 Å². The largest absolute Gasteiger partial charge is 0.378 e. The minimum atomic E-state index is -0.0432. The summed E-state index contributed by atoms with van der Waals surface area (Å²) in [5.41, 5.74) is 2.20. The van der Waals surface area contributed by atoms with E-state index in [4.69, 9.17) is 4.74 Å². The van der Waals surface area contributed by atoms with E-state index in [0.717, 1.165) is 30.7 Å². The summed E-state index contributed by atoms with van der Waals surface area (Å²) < 4.78 is 7.33. The molecule has 0 spiro atoms. The van der Waals surface area contributed by atoms with Crippen LogP contribution in [0.15, 0.2) is 29.4 Å². The summed E-state index contributed by atoms with van der Waals surface area (Å²) in [5, 5.41) is 15.3. The number of ether oxygens (including phenoxy) is 1. The zero-order chi connectivity index (χ0) is 18.4. The fourth-order valence-electron chi connectivity index (χ4n) is 2.69. The second-order valence-corrected chi connectivity index (χ2v) is 7.35. The van der Waals surface area contributed by atoms with Crippen molar-refractivity contribution in [1.29, 1.82) is 0 Å². The molecule has 0 aliphatic carbocycles. The number of carbonyl (C=O) groups is 1. The van der Waals surface area contributed by atoms with Gasteiger partial charge in [0.05, 0.1) is 18.4 Å². The smallest absolute Gasteiger partial charge is 0.230 e. The average Bonchev–Trinajstić information content (AvgIpc) is 3.31. The molecule has 1 atom stereocenters. The summed E-state index contributed by atoms with van der Waals surface area (Å²) in [6.45, 7) is 1.94. The van der Waals surface area contributed by atoms with Crippen LogP contribution >= 0.6 is 11.8 Å². The number of aromatic nitrogens is 4. The lowest BCUT2D eigenvalue weighted by atomic mass is 10.2. The van der Waals surface area contributed by atoms with Crippen molar-refractivity contribution >= 4 is 23.4 Å². The van der Waals surface area contributed by atoms with Gasteiger partial charge in [-0.15, -0.1) is 5.10 Å². The van der Waals surface area contributed by atoms with Gasteiger partial charge in [0.25, 0.3) is 0 Å². The maximum atomic E-state index is 12.1. The molecule has 2 heterocycles. The molecular weight excluding hydrogens is 352 g/mol. The number of hydrogen-bond acceptors (Lipinski definition) is 7. The molecule has 26 heavy (non-hydrogen) atoms. The van der Waals surface area contributed by atoms with Gasteiger partial charge in [-0.2, -0.15) is 0 Å². The maximum absolute atomic E-state index is 12.1. The van der Waals surface area contributed by atoms with Crippen molar-refractivity contribution in [3.8, 4) is 0 Å². The van der Waals surface area contributed by atoms with Gasteiger partial charge in [0.2, 0.25) is 11.1 Å². The third-order valence-corrected chi connectivity index (χ3v) is 5.13. The number of thioether (sulfide) groups is 1. The predicted molar refractivity (Wildman–Crippen MR) is 100 cm³/mol. The lowest BCUT2D eigenvalue weighted by Gasteiger charge is -2.13. The lowest BCUT2D eigenvalue weighted by Crippen LogP contribution is -2.25. The minimum Gasteiger partial charge on any atom is -0.378 e. The van der Waals surface area contributed by atoms with E-state index in [9.17, 15) is 4.79 Å². The zero-order valence-corrected chi connectivity index (χ0v) is 15.9. The number of nitrogens with one attached hydrogen (secondary N) is 1. The number of hydrogen-bond donors (Lipinski definition) is 1. The van der Waals surface area contributed by atoms with Crippen molar-refractivity contribution < 1.29 is 9.53 Å². The van der Waals surface area contributed by atoms with Crippen LogP contribution in [0.3, 0.4) is 0 Å². The summed E-state index contributed by atoms with van der Waals surface area (Å²) in [7, 11) is 4.00. The number of anilines is 1. The van der Waals surface area contributed by atoms with Crippen molar-refractivity contribution in [2.75, 3.05) is 31.4 Å². The molecule has 0 unspecified atom stereocenters. The molecule has 0 saturated carbocycles. The summed E-state index contributed by atoms with van der Waals surface area (Å²) in [6, 6.07) is 8.11. The molecule has 1 saturated heterocycles. The van der Waals surface area contributed by atoms with E-state index in [1.165, 1.54) is 11.8 Å². The van der Waals surface area contributed by atoms with E-state index in [1.54, 1.807) is 4.68 Å². The molecule has 1 N–H and O–H groups in total. The quantitative estimate of drug-likeness (QED) is 0.696. The summed E-state index contributed by atoms with van der Waals surface area (Å²) >= 11 is 1.34. The third kappa shape index (κ3) is 5.18. The van der Waals surface area contributed by atoms with E-state index in [0.29, 0.717) is 18.2 Å². The molecule has 1 fully saturated rings. The Morgan fingerprint density at radius 2 is 2.19 bits per heavy atom. The highest BCUT2D eigenvalue weighted by Gasteiger charge is 2.19. The van der Waals surface area contributed by atoms with Crippen LogP contribution in [-0.2, 0) is 22.6 Å². The Hall–Kier alpha value is -2.13. The first-order valence-corrected chi connectivity index (χ1v) is 9.64. The molecule has 1 aliphatic rings. The maximum Gasteiger partial charge on any atom is 0.230 e. The Morgan fingerprint density at radius 1 is 1.38 bits per heavy atom. The Balaban J connectivity index is 1.43. The molecule has 1 amide bonds. The van der Waals surface area contributed by atoms with Gasteiger partial charge in [-0.3, -0.25) is 4.79 Å². The number of carbonyl (C=O) groups excluding carboxylic acids is 1. The number of benzene rings is 1. The van der Waals surface area contributed by atoms with Gasteiger partial charge in [0.15, 0.2) is 0 Å². The summed E-state index contributed by atoms with van der Waals surface area (Å²) in [4.78, 5) is 14.1. The summed E-state index contributed by atoms with van der Waals surface area (Å²) in [5.74, 6) is 0.236. The molecule has 1 aromatic heterocycles. The van der Waals surface area contributed by atoms with Crippen LogP contribution in [-0.4, -0.2) is 58.7 Å². The van der Waals surface area contributed by atoms with Crippen molar-refractivity contribution in [2.24, 2.45) is 0 Å². The van der Waals surface area contributed by atoms with E-state index in [1.807, 2.05) is 43.3 Å². The Morgan fingerprint density at radius 3 is 2.88 bits per heavy atom. The van der Waals surface area contributed by atoms with Crippen molar-refractivity contribution in [3.63, 3.8) is 0 Å². The van der Waals surface area contributed by atoms with Crippen LogP contribution in [0.1, 0.15) is 18.4 Å². The Kier molecular flexibility index (Phi) is 6.45. The van der Waals surface area contributed by atoms with Gasteiger partial charge in [0, 0.05) is 32.9 Å². The van der Waals surface area contributed by atoms with Gasteiger partial charge in [-0.1, -0.05) is 23.9 Å². The van der Waals surface area contributed by atoms with E-state index >= 15 is 0 Å². The standard InChI is InChI=1S/C17H24N6O2S/c1-22(2)14-7-5-13(6-8-14)10-18-16(24)12-26-17-19-20-21-23(17)11-15-4-3-9-25-15/h5-8,15H,3-4,9-12H2,1-2H3,(H,18,24)/t15-/m1/s1. The lowest BCUT2D eigenvalue weighted by molar-refractivity contribution is -0.118. The number of tetrazole rings is 1. The molecule has 3 rings (SSSR count). The van der Waals surface area contributed by atoms with Crippen molar-refractivity contribution in [3.05, 3.63) is 29.8 Å². The van der Waals surface area contributed by atoms with Crippen LogP contribution in [0.2, 0.25) is 0 Å². The summed E-state index contributed by atoms with van der Waals surface area (Å²) in [6.07, 6.45) is 2.27. The van der Waals surface area contributed by atoms with Crippen LogP contribution in [0, 0.1) is 0 Å². The fourth-order valence-corrected chi connectivity index (χ4v) is 3.41. The number of amides is 1. The average molecular weight is 376 g/mol. The predicted octanol–water partition coefficient (Wildman–Crippen LogP) is 1.33. The normalized spacial score (nSPS) is 16.6. The molecule has 1 aromatic carbocycles. The van der Waals surface area contributed by atoms with Gasteiger partial charge in [-0.25, -0.2) is 4.68 Å². The van der Waals surface area contributed by atoms with Crippen LogP contribution in [0.4, 0.5) is 5.69 Å². The molecule has 9 heteroatoms. The third-order valence-electron chi connectivity index (χ3n) is 4.17. The van der Waals surface area contributed by atoms with Crippen molar-refractivity contribution in [1.82, 2.24) is 25.5 Å². The number of nitrogens with zero attached hydrogens (tertiary/aromatic N) is 5. The number of rotatable bonds is 8. The zero-order valence-electron chi connectivity index (χ0n) is 15.1. The highest BCUT2D eigenvalue weighted by molar-refractivity contribution is 7.99. The van der Waals surface area contributed by atoms with Crippen LogP contribution in [0.25, 0.3) is 0 Å². The SMILES string of the molecule is CN(C)c1ccc(CNC(=O)CSc2nnnn2C[C@H]2CCCO2)cc1. The molecule has 140 valence electrons. The van der Waals surface area contributed by atoms with Crippen molar-refractivity contribution in [2.45, 2.75) is 37.2 Å². The van der Waals surface area contributed by atoms with Crippen LogP contribution in [0.5, 0.6) is 0 Å². The monoisotopic (exact) mass is 376 g/mol. The highest BCUT2D eigenvalue weighted by Crippen LogP contribution is 2.18. The first-order chi connectivity index (χ1) is 12.6. The topological polar surface area (TPSA) is 85.2 Å². The molecule has 8 nitrogen and oxygen atoms in total. The van der Waals surface area contributed by atoms with Gasteiger partial charge in [0.1, 0.15) is 0 Å². The second kappa shape index (κ2) is 9.00. The van der Waals surface area contributed by atoms with E-state index in [2.05, 4.69) is 20.8 Å². The molecular formula is C17H24N6O2S. The Bertz CT molecular complexity index is 712. The molecule has 0 bridgehead atoms. The van der Waals surface area contributed by atoms with Gasteiger partial charge < -0.3 is 15.0 Å². The minimum absolute atomic E-state index is 0.0432. The fraction of sp³-hybridized carbons (Fsp3) is 0.529. The van der Waals surface area contributed by atoms with Gasteiger partial charge in [-0.05, 0) is 41.0 Å². The highest BCUT2D eigenvalue weighted by atomic mass is 32.2. The van der Waals surface area contributed by atoms with Gasteiger partial charge >= 0.3 is 0 Å². The van der Waals surface area contributed by atoms with E-state index in [-0.39, 0.29) is 17.8 Å². The second-order valence-electron chi connectivity index (χ2n) is 6.40. The molecule has 1 aliphatic heterocycles. The first kappa shape index (κ1) is 18.7. The first-order valence-electron chi connectivity index (χ1n) is 8.65. The Labute approximate surface area is 157 Å². The molecule has 0 radical (unpaired) electrons. The van der Waals surface area contributed by atoms with E-state index < -0.39 is 0 Å². The molecule has 2 aromatic rings.